The summed E-state index contributed by atoms with van der Waals surface area (Å²) in [4.78, 5) is 0. The molecule has 0 aliphatic rings. The second-order valence-corrected chi connectivity index (χ2v) is 0. The van der Waals surface area contributed by atoms with Crippen LogP contribution < -0.4 is 0 Å². The standard InChI is InChI=1S/B.Fe.Nb.H3Si/h;;;1H3. The first-order valence-corrected chi connectivity index (χ1v) is 0. The molecule has 0 aliphatic heterocycles. The first-order chi connectivity index (χ1) is 0. The third-order valence-corrected chi connectivity index (χ3v) is 0. The number of hydrogen-bond donors (Lipinski definition) is 0. The molecule has 0 aromatic rings. The van der Waals surface area contributed by atoms with Gasteiger partial charge in [-0.1, -0.05) is 0 Å². The summed E-state index contributed by atoms with van der Waals surface area (Å²) >= 11 is 0. The van der Waals surface area contributed by atoms with Crippen LogP contribution in [-0.2, 0) is 39.4 Å². The summed E-state index contributed by atoms with van der Waals surface area (Å²) in [5.74, 6) is 0. The van der Waals surface area contributed by atoms with Gasteiger partial charge in [-0.05, 0) is 11.0 Å². The number of hydrogen-bond acceptors (Lipinski definition) is 0. The predicted molar refractivity (Wildman–Crippen MR) is 15.7 cm³/mol. The molecule has 0 fully saturated rings. The Bertz CT molecular complexity index is 8.00. The van der Waals surface area contributed by atoms with E-state index >= 15 is 0 Å². The van der Waals surface area contributed by atoms with Crippen LogP contribution in [0.3, 0.4) is 0 Å². The van der Waals surface area contributed by atoms with Gasteiger partial charge in [0.1, 0.15) is 0 Å². The molecule has 0 atom stereocenters. The smallest absolute Gasteiger partial charge is 0 e. The molecule has 0 aromatic carbocycles. The van der Waals surface area contributed by atoms with E-state index in [0.29, 0.717) is 0 Å². The maximum absolute atomic E-state index is 0. The summed E-state index contributed by atoms with van der Waals surface area (Å²) in [6.45, 7) is 0. The summed E-state index contributed by atoms with van der Waals surface area (Å²) in [5.41, 5.74) is 0. The van der Waals surface area contributed by atoms with Gasteiger partial charge in [0.05, 0.1) is 0 Å². The second-order valence-electron chi connectivity index (χ2n) is 0. The van der Waals surface area contributed by atoms with E-state index in [1.807, 2.05) is 0 Å². The predicted octanol–water partition coefficient (Wildman–Crippen LogP) is -1.57. The van der Waals surface area contributed by atoms with Crippen molar-refractivity contribution in [2.75, 3.05) is 0 Å². The molecular formula is H3BFeNbSi. The van der Waals surface area contributed by atoms with Crippen LogP contribution >= 0.6 is 0 Å². The number of rotatable bonds is 0. The van der Waals surface area contributed by atoms with E-state index in [1.165, 1.54) is 0 Å². The Morgan fingerprint density at radius 3 is 1.00 bits per heavy atom. The molecule has 4 heteroatoms. The van der Waals surface area contributed by atoms with Gasteiger partial charge >= 0.3 is 0 Å². The van der Waals surface area contributed by atoms with Crippen molar-refractivity contribution >= 4 is 19.4 Å². The van der Waals surface area contributed by atoms with E-state index in [2.05, 4.69) is 0 Å². The van der Waals surface area contributed by atoms with Crippen molar-refractivity contribution in [3.8, 4) is 0 Å². The zero-order valence-corrected chi connectivity index (χ0v) is 7.68. The minimum atomic E-state index is 0. The molecule has 0 heterocycles. The Morgan fingerprint density at radius 1 is 1.00 bits per heavy atom. The van der Waals surface area contributed by atoms with Crippen LogP contribution in [0.1, 0.15) is 0 Å². The SMILES string of the molecule is [B].[Fe].[Nb].[SiH3]. The van der Waals surface area contributed by atoms with E-state index in [9.17, 15) is 0 Å². The van der Waals surface area contributed by atoms with Crippen LogP contribution in [0.25, 0.3) is 0 Å². The molecule has 4 heavy (non-hydrogen) atoms. The fourth-order valence-electron chi connectivity index (χ4n) is 0. The largest absolute Gasteiger partial charge is 0.0125 e. The monoisotopic (exact) mass is 191 g/mol. The van der Waals surface area contributed by atoms with Gasteiger partial charge in [0.25, 0.3) is 0 Å². The van der Waals surface area contributed by atoms with Gasteiger partial charge < -0.3 is 0 Å². The van der Waals surface area contributed by atoms with Gasteiger partial charge in [0.2, 0.25) is 0 Å². The summed E-state index contributed by atoms with van der Waals surface area (Å²) in [6.07, 6.45) is 0. The van der Waals surface area contributed by atoms with Crippen molar-refractivity contribution in [1.82, 2.24) is 0 Å². The Balaban J connectivity index is 0. The fourth-order valence-corrected chi connectivity index (χ4v) is 0. The Hall–Kier alpha value is 1.54. The molecule has 0 saturated carbocycles. The third-order valence-electron chi connectivity index (χ3n) is 0. The zero-order chi connectivity index (χ0) is 0. The maximum Gasteiger partial charge on any atom is 0 e. The van der Waals surface area contributed by atoms with E-state index in [1.54, 1.807) is 0 Å². The van der Waals surface area contributed by atoms with Gasteiger partial charge in [-0.15, -0.1) is 0 Å². The van der Waals surface area contributed by atoms with Crippen LogP contribution in [0.2, 0.25) is 0 Å². The van der Waals surface area contributed by atoms with Crippen molar-refractivity contribution in [2.45, 2.75) is 0 Å². The van der Waals surface area contributed by atoms with Crippen molar-refractivity contribution in [1.29, 1.82) is 0 Å². The van der Waals surface area contributed by atoms with Crippen LogP contribution in [0.15, 0.2) is 0 Å². The average molecular weight is 191 g/mol. The van der Waals surface area contributed by atoms with E-state index in [0.717, 1.165) is 0 Å². The molecule has 0 nitrogen and oxygen atoms in total. The Labute approximate surface area is 58.7 Å². The zero-order valence-electron chi connectivity index (χ0n) is 2.38. The molecule has 0 bridgehead atoms. The van der Waals surface area contributed by atoms with Crippen molar-refractivity contribution in [3.05, 3.63) is 0 Å². The molecule has 0 amide bonds. The van der Waals surface area contributed by atoms with Crippen LogP contribution in [0, 0.1) is 0 Å². The van der Waals surface area contributed by atoms with Crippen molar-refractivity contribution in [2.24, 2.45) is 0 Å². The first kappa shape index (κ1) is 48.1. The summed E-state index contributed by atoms with van der Waals surface area (Å²) in [5, 5.41) is 0. The molecule has 23 valence electrons. The van der Waals surface area contributed by atoms with Gasteiger partial charge in [-0.2, -0.15) is 0 Å². The minimum absolute atomic E-state index is 0. The average Bonchev–Trinajstić information content (AvgIpc) is 0. The normalized spacial score (nSPS) is 0. The topological polar surface area (TPSA) is 0 Å². The molecule has 0 unspecified atom stereocenters. The van der Waals surface area contributed by atoms with Gasteiger partial charge in [0.15, 0.2) is 0 Å². The summed E-state index contributed by atoms with van der Waals surface area (Å²) in [6, 6.07) is 0. The molecule has 0 rings (SSSR count). The van der Waals surface area contributed by atoms with Crippen LogP contribution in [0.5, 0.6) is 0 Å². The molecule has 0 spiro atoms. The van der Waals surface area contributed by atoms with Crippen LogP contribution in [0.4, 0.5) is 0 Å². The molecule has 0 N–H and O–H groups in total. The van der Waals surface area contributed by atoms with E-state index in [4.69, 9.17) is 0 Å². The minimum Gasteiger partial charge on any atom is -0.0125 e. The quantitative estimate of drug-likeness (QED) is 0.405. The third kappa shape index (κ3) is 9.63. The van der Waals surface area contributed by atoms with Gasteiger partial charge in [-0.25, -0.2) is 0 Å². The second kappa shape index (κ2) is 24.0. The maximum atomic E-state index is 0. The summed E-state index contributed by atoms with van der Waals surface area (Å²) < 4.78 is 0. The first-order valence-electron chi connectivity index (χ1n) is 0. The van der Waals surface area contributed by atoms with Crippen molar-refractivity contribution < 1.29 is 39.4 Å². The van der Waals surface area contributed by atoms with Crippen LogP contribution in [-0.4, -0.2) is 19.4 Å². The Morgan fingerprint density at radius 2 is 1.00 bits per heavy atom. The molecular weight excluding hydrogens is 188 g/mol. The Kier molecular flexibility index (Phi) is 288. The van der Waals surface area contributed by atoms with Crippen molar-refractivity contribution in [3.63, 3.8) is 0 Å². The van der Waals surface area contributed by atoms with E-state index in [-0.39, 0.29) is 58.8 Å². The molecule has 0 saturated heterocycles. The molecule has 0 aliphatic carbocycles. The summed E-state index contributed by atoms with van der Waals surface area (Å²) in [7, 11) is 0. The molecule has 5 radical (unpaired) electrons. The van der Waals surface area contributed by atoms with E-state index < -0.39 is 0 Å². The van der Waals surface area contributed by atoms with Gasteiger partial charge in [0, 0.05) is 47.9 Å². The molecule has 0 aromatic heterocycles. The fraction of sp³-hybridized carbons (Fsp3) is 0. The van der Waals surface area contributed by atoms with Gasteiger partial charge in [-0.3, -0.25) is 0 Å².